The second kappa shape index (κ2) is 10.2. The van der Waals surface area contributed by atoms with Crippen molar-refractivity contribution in [3.63, 3.8) is 0 Å². The highest BCUT2D eigenvalue weighted by atomic mass is 35.5. The Bertz CT molecular complexity index is 1370. The average molecular weight is 511 g/mol. The van der Waals surface area contributed by atoms with E-state index in [-0.39, 0.29) is 17.9 Å². The van der Waals surface area contributed by atoms with Gasteiger partial charge in [-0.25, -0.2) is 9.69 Å². The van der Waals surface area contributed by atoms with Crippen LogP contribution in [0.15, 0.2) is 66.2 Å². The predicted molar refractivity (Wildman–Crippen MR) is 134 cm³/mol. The molecule has 1 aliphatic rings. The third-order valence-electron chi connectivity index (χ3n) is 5.39. The van der Waals surface area contributed by atoms with Gasteiger partial charge in [0.1, 0.15) is 23.7 Å². The van der Waals surface area contributed by atoms with E-state index in [2.05, 4.69) is 5.32 Å². The number of rotatable bonds is 6. The zero-order valence-corrected chi connectivity index (χ0v) is 20.3. The average Bonchev–Trinajstić information content (AvgIpc) is 2.83. The normalized spacial score (nSPS) is 14.8. The molecule has 1 heterocycles. The van der Waals surface area contributed by atoms with E-state index in [0.29, 0.717) is 32.7 Å². The lowest BCUT2D eigenvalue weighted by molar-refractivity contribution is -0.122. The Hall–Kier alpha value is -3.81. The number of amides is 4. The van der Waals surface area contributed by atoms with Gasteiger partial charge in [-0.15, -0.1) is 0 Å². The maximum atomic E-state index is 13.3. The van der Waals surface area contributed by atoms with Gasteiger partial charge < -0.3 is 9.47 Å². The van der Waals surface area contributed by atoms with Crippen LogP contribution in [0.4, 0.5) is 10.5 Å². The van der Waals surface area contributed by atoms with Gasteiger partial charge in [0.2, 0.25) is 0 Å². The molecule has 178 valence electrons. The predicted octanol–water partition coefficient (Wildman–Crippen LogP) is 5.56. The molecule has 1 aliphatic heterocycles. The summed E-state index contributed by atoms with van der Waals surface area (Å²) < 4.78 is 11.3. The number of nitrogens with one attached hydrogen (secondary N) is 1. The number of carbonyl (C=O) groups is 3. The van der Waals surface area contributed by atoms with E-state index in [4.69, 9.17) is 32.7 Å². The monoisotopic (exact) mass is 510 g/mol. The number of imide groups is 2. The van der Waals surface area contributed by atoms with Crippen molar-refractivity contribution in [2.24, 2.45) is 0 Å². The molecular formula is C26H20Cl2N2O5. The standard InChI is InChI=1S/C26H20Cl2N2O5/c1-15-21(28)7-4-8-22(15)30-25(32)20(24(31)29-26(30)33)12-17-9-10-19(34-2)13-23(17)35-14-16-5-3-6-18(27)11-16/h3-13H,14H2,1-2H3,(H,29,31,33)/b20-12+. The third-order valence-corrected chi connectivity index (χ3v) is 6.03. The molecule has 0 atom stereocenters. The summed E-state index contributed by atoms with van der Waals surface area (Å²) in [6.45, 7) is 1.87. The van der Waals surface area contributed by atoms with E-state index in [9.17, 15) is 14.4 Å². The molecule has 0 aliphatic carbocycles. The van der Waals surface area contributed by atoms with E-state index in [1.54, 1.807) is 55.5 Å². The number of carbonyl (C=O) groups excluding carboxylic acids is 3. The molecule has 1 N–H and O–H groups in total. The summed E-state index contributed by atoms with van der Waals surface area (Å²) in [4.78, 5) is 39.4. The van der Waals surface area contributed by atoms with Gasteiger partial charge in [0.25, 0.3) is 11.8 Å². The van der Waals surface area contributed by atoms with E-state index in [0.717, 1.165) is 10.5 Å². The van der Waals surface area contributed by atoms with Gasteiger partial charge in [0, 0.05) is 21.7 Å². The highest BCUT2D eigenvalue weighted by Gasteiger charge is 2.37. The van der Waals surface area contributed by atoms with Gasteiger partial charge in [-0.2, -0.15) is 0 Å². The lowest BCUT2D eigenvalue weighted by Gasteiger charge is -2.28. The Morgan fingerprint density at radius 1 is 1.00 bits per heavy atom. The lowest BCUT2D eigenvalue weighted by Crippen LogP contribution is -2.54. The van der Waals surface area contributed by atoms with Gasteiger partial charge in [-0.05, 0) is 60.5 Å². The molecule has 3 aromatic carbocycles. The Morgan fingerprint density at radius 2 is 1.77 bits per heavy atom. The zero-order valence-electron chi connectivity index (χ0n) is 18.8. The highest BCUT2D eigenvalue weighted by Crippen LogP contribution is 2.32. The number of anilines is 1. The Morgan fingerprint density at radius 3 is 2.51 bits per heavy atom. The van der Waals surface area contributed by atoms with Crippen LogP contribution < -0.4 is 19.7 Å². The Balaban J connectivity index is 1.71. The highest BCUT2D eigenvalue weighted by molar-refractivity contribution is 6.40. The second-order valence-corrected chi connectivity index (χ2v) is 8.51. The number of barbiturate groups is 1. The molecular weight excluding hydrogens is 491 g/mol. The third kappa shape index (κ3) is 5.16. The van der Waals surface area contributed by atoms with Crippen LogP contribution >= 0.6 is 23.2 Å². The minimum Gasteiger partial charge on any atom is -0.497 e. The van der Waals surface area contributed by atoms with Crippen LogP contribution in [0.25, 0.3) is 6.08 Å². The van der Waals surface area contributed by atoms with Crippen molar-refractivity contribution in [3.8, 4) is 11.5 Å². The lowest BCUT2D eigenvalue weighted by atomic mass is 10.0. The molecule has 4 rings (SSSR count). The fourth-order valence-corrected chi connectivity index (χ4v) is 3.93. The first-order valence-corrected chi connectivity index (χ1v) is 11.3. The number of hydrogen-bond donors (Lipinski definition) is 1. The first-order chi connectivity index (χ1) is 16.8. The van der Waals surface area contributed by atoms with Crippen LogP contribution in [0, 0.1) is 6.92 Å². The molecule has 9 heteroatoms. The molecule has 35 heavy (non-hydrogen) atoms. The Labute approximate surface area is 211 Å². The fourth-order valence-electron chi connectivity index (χ4n) is 3.54. The van der Waals surface area contributed by atoms with Crippen molar-refractivity contribution < 1.29 is 23.9 Å². The van der Waals surface area contributed by atoms with Crippen molar-refractivity contribution in [2.45, 2.75) is 13.5 Å². The van der Waals surface area contributed by atoms with Crippen LogP contribution in [0.2, 0.25) is 10.0 Å². The van der Waals surface area contributed by atoms with Crippen LogP contribution in [-0.4, -0.2) is 25.0 Å². The molecule has 0 spiro atoms. The summed E-state index contributed by atoms with van der Waals surface area (Å²) in [6.07, 6.45) is 1.38. The van der Waals surface area contributed by atoms with Gasteiger partial charge >= 0.3 is 6.03 Å². The van der Waals surface area contributed by atoms with E-state index in [1.165, 1.54) is 13.2 Å². The largest absolute Gasteiger partial charge is 0.497 e. The van der Waals surface area contributed by atoms with Crippen molar-refractivity contribution in [3.05, 3.63) is 93.0 Å². The summed E-state index contributed by atoms with van der Waals surface area (Å²) >= 11 is 12.2. The molecule has 0 unspecified atom stereocenters. The number of ether oxygens (including phenoxy) is 2. The SMILES string of the molecule is COc1ccc(/C=C2\C(=O)NC(=O)N(c3cccc(Cl)c3C)C2=O)c(OCc2cccc(Cl)c2)c1. The summed E-state index contributed by atoms with van der Waals surface area (Å²) in [5.41, 5.74) is 1.86. The Kier molecular flexibility index (Phi) is 7.10. The quantitative estimate of drug-likeness (QED) is 0.346. The maximum absolute atomic E-state index is 13.3. The minimum absolute atomic E-state index is 0.191. The van der Waals surface area contributed by atoms with Crippen LogP contribution in [0.5, 0.6) is 11.5 Å². The summed E-state index contributed by atoms with van der Waals surface area (Å²) in [6, 6.07) is 16.2. The minimum atomic E-state index is -0.852. The van der Waals surface area contributed by atoms with Crippen molar-refractivity contribution >= 4 is 52.8 Å². The van der Waals surface area contributed by atoms with Crippen LogP contribution in [0.3, 0.4) is 0 Å². The molecule has 0 saturated carbocycles. The summed E-state index contributed by atoms with van der Waals surface area (Å²) in [7, 11) is 1.52. The number of methoxy groups -OCH3 is 1. The topological polar surface area (TPSA) is 84.9 Å². The van der Waals surface area contributed by atoms with Crippen molar-refractivity contribution in [1.82, 2.24) is 5.32 Å². The molecule has 3 aromatic rings. The number of hydrogen-bond acceptors (Lipinski definition) is 5. The number of nitrogens with zero attached hydrogens (tertiary/aromatic N) is 1. The molecule has 0 radical (unpaired) electrons. The van der Waals surface area contributed by atoms with E-state index < -0.39 is 17.8 Å². The van der Waals surface area contributed by atoms with Crippen LogP contribution in [0.1, 0.15) is 16.7 Å². The fraction of sp³-hybridized carbons (Fsp3) is 0.115. The van der Waals surface area contributed by atoms with E-state index in [1.807, 2.05) is 12.1 Å². The molecule has 7 nitrogen and oxygen atoms in total. The van der Waals surface area contributed by atoms with Gasteiger partial charge in [0.05, 0.1) is 12.8 Å². The van der Waals surface area contributed by atoms with Crippen LogP contribution in [-0.2, 0) is 16.2 Å². The number of urea groups is 1. The molecule has 1 saturated heterocycles. The zero-order chi connectivity index (χ0) is 25.1. The van der Waals surface area contributed by atoms with E-state index >= 15 is 0 Å². The first-order valence-electron chi connectivity index (χ1n) is 10.5. The molecule has 0 aromatic heterocycles. The van der Waals surface area contributed by atoms with Gasteiger partial charge in [0.15, 0.2) is 0 Å². The number of halogens is 2. The molecule has 1 fully saturated rings. The van der Waals surface area contributed by atoms with Crippen molar-refractivity contribution in [2.75, 3.05) is 12.0 Å². The van der Waals surface area contributed by atoms with Gasteiger partial charge in [-0.1, -0.05) is 41.4 Å². The maximum Gasteiger partial charge on any atom is 0.335 e. The smallest absolute Gasteiger partial charge is 0.335 e. The number of benzene rings is 3. The summed E-state index contributed by atoms with van der Waals surface area (Å²) in [5, 5.41) is 3.18. The molecule has 0 bridgehead atoms. The summed E-state index contributed by atoms with van der Waals surface area (Å²) in [5.74, 6) is -0.688. The molecule has 4 amide bonds. The first kappa shape index (κ1) is 24.3. The second-order valence-electron chi connectivity index (χ2n) is 7.66. The van der Waals surface area contributed by atoms with Crippen molar-refractivity contribution in [1.29, 1.82) is 0 Å². The van der Waals surface area contributed by atoms with Gasteiger partial charge in [-0.3, -0.25) is 14.9 Å².